The molecule has 1 amide bonds. The summed E-state index contributed by atoms with van der Waals surface area (Å²) in [6.07, 6.45) is 7.77. The van der Waals surface area contributed by atoms with E-state index >= 15 is 0 Å². The molecule has 1 aliphatic carbocycles. The van der Waals surface area contributed by atoms with Crippen LogP contribution in [0.2, 0.25) is 0 Å². The summed E-state index contributed by atoms with van der Waals surface area (Å²) in [6, 6.07) is 5.80. The summed E-state index contributed by atoms with van der Waals surface area (Å²) in [7, 11) is 0. The Hall–Kier alpha value is -1.95. The van der Waals surface area contributed by atoms with Crippen LogP contribution >= 0.6 is 11.3 Å². The first-order valence-electron chi connectivity index (χ1n) is 7.58. The molecule has 1 atom stereocenters. The first kappa shape index (κ1) is 15.0. The SMILES string of the molecule is O=C(Cn1cccnc1=O)N[C@@H](c1cccs1)C1CCCC1. The molecule has 6 heteroatoms. The van der Waals surface area contributed by atoms with Gasteiger partial charge in [-0.2, -0.15) is 0 Å². The third-order valence-corrected chi connectivity index (χ3v) is 5.09. The molecule has 3 rings (SSSR count). The molecule has 0 aromatic carbocycles. The third kappa shape index (κ3) is 3.44. The molecule has 22 heavy (non-hydrogen) atoms. The van der Waals surface area contributed by atoms with Crippen molar-refractivity contribution in [2.24, 2.45) is 5.92 Å². The van der Waals surface area contributed by atoms with Gasteiger partial charge in [-0.15, -0.1) is 11.3 Å². The van der Waals surface area contributed by atoms with Crippen LogP contribution in [0.15, 0.2) is 40.8 Å². The number of nitrogens with one attached hydrogen (secondary N) is 1. The van der Waals surface area contributed by atoms with Gasteiger partial charge < -0.3 is 5.32 Å². The van der Waals surface area contributed by atoms with E-state index in [0.29, 0.717) is 5.92 Å². The molecule has 116 valence electrons. The molecule has 0 aliphatic heterocycles. The average molecular weight is 317 g/mol. The Morgan fingerprint density at radius 1 is 1.41 bits per heavy atom. The molecule has 0 radical (unpaired) electrons. The Labute approximate surface area is 133 Å². The van der Waals surface area contributed by atoms with Gasteiger partial charge in [-0.25, -0.2) is 9.78 Å². The lowest BCUT2D eigenvalue weighted by molar-refractivity contribution is -0.122. The number of hydrogen-bond donors (Lipinski definition) is 1. The predicted octanol–water partition coefficient (Wildman–Crippen LogP) is 2.35. The zero-order valence-electron chi connectivity index (χ0n) is 12.3. The second-order valence-corrected chi connectivity index (χ2v) is 6.61. The summed E-state index contributed by atoms with van der Waals surface area (Å²) in [5.74, 6) is 0.355. The highest BCUT2D eigenvalue weighted by molar-refractivity contribution is 7.10. The van der Waals surface area contributed by atoms with Crippen LogP contribution in [0.4, 0.5) is 0 Å². The normalized spacial score (nSPS) is 16.5. The van der Waals surface area contributed by atoms with Crippen molar-refractivity contribution in [1.29, 1.82) is 0 Å². The van der Waals surface area contributed by atoms with Gasteiger partial charge in [0.05, 0.1) is 6.04 Å². The number of thiophene rings is 1. The molecule has 1 saturated carbocycles. The fraction of sp³-hybridized carbons (Fsp3) is 0.438. The highest BCUT2D eigenvalue weighted by atomic mass is 32.1. The minimum absolute atomic E-state index is 0.0151. The van der Waals surface area contributed by atoms with E-state index in [1.165, 1.54) is 28.5 Å². The molecule has 0 spiro atoms. The van der Waals surface area contributed by atoms with E-state index in [0.717, 1.165) is 12.8 Å². The van der Waals surface area contributed by atoms with E-state index < -0.39 is 5.69 Å². The van der Waals surface area contributed by atoms with E-state index in [9.17, 15) is 9.59 Å². The zero-order chi connectivity index (χ0) is 15.4. The van der Waals surface area contributed by atoms with E-state index in [2.05, 4.69) is 16.4 Å². The number of rotatable bonds is 5. The highest BCUT2D eigenvalue weighted by Crippen LogP contribution is 2.37. The molecular weight excluding hydrogens is 298 g/mol. The fourth-order valence-electron chi connectivity index (χ4n) is 3.06. The summed E-state index contributed by atoms with van der Waals surface area (Å²) >= 11 is 1.67. The van der Waals surface area contributed by atoms with Crippen LogP contribution in [0.5, 0.6) is 0 Å². The van der Waals surface area contributed by atoms with Gasteiger partial charge in [0.25, 0.3) is 0 Å². The Morgan fingerprint density at radius 2 is 2.23 bits per heavy atom. The molecule has 0 unspecified atom stereocenters. The summed E-state index contributed by atoms with van der Waals surface area (Å²) in [5.41, 5.74) is -0.397. The average Bonchev–Trinajstić information content (AvgIpc) is 3.21. The van der Waals surface area contributed by atoms with Crippen LogP contribution in [0.1, 0.15) is 36.6 Å². The first-order valence-corrected chi connectivity index (χ1v) is 8.46. The molecule has 2 heterocycles. The highest BCUT2D eigenvalue weighted by Gasteiger charge is 2.28. The molecular formula is C16H19N3O2S. The van der Waals surface area contributed by atoms with E-state index in [-0.39, 0.29) is 18.5 Å². The van der Waals surface area contributed by atoms with Crippen molar-refractivity contribution in [3.8, 4) is 0 Å². The minimum Gasteiger partial charge on any atom is -0.347 e. The molecule has 2 aromatic rings. The van der Waals surface area contributed by atoms with Crippen LogP contribution in [-0.4, -0.2) is 15.5 Å². The van der Waals surface area contributed by atoms with Gasteiger partial charge >= 0.3 is 5.69 Å². The second kappa shape index (κ2) is 6.87. The molecule has 1 N–H and O–H groups in total. The van der Waals surface area contributed by atoms with Gasteiger partial charge in [-0.1, -0.05) is 18.9 Å². The van der Waals surface area contributed by atoms with Gasteiger partial charge in [-0.3, -0.25) is 9.36 Å². The van der Waals surface area contributed by atoms with E-state index in [1.807, 2.05) is 11.4 Å². The lowest BCUT2D eigenvalue weighted by Gasteiger charge is -2.24. The lowest BCUT2D eigenvalue weighted by atomic mass is 9.96. The number of hydrogen-bond acceptors (Lipinski definition) is 4. The van der Waals surface area contributed by atoms with Gasteiger partial charge in [-0.05, 0) is 36.3 Å². The maximum atomic E-state index is 12.3. The summed E-state index contributed by atoms with van der Waals surface area (Å²) in [4.78, 5) is 28.8. The quantitative estimate of drug-likeness (QED) is 0.920. The van der Waals surface area contributed by atoms with Gasteiger partial charge in [0.15, 0.2) is 0 Å². The summed E-state index contributed by atoms with van der Waals surface area (Å²) in [5, 5.41) is 5.16. The van der Waals surface area contributed by atoms with Gasteiger partial charge in [0, 0.05) is 17.3 Å². The number of carbonyl (C=O) groups is 1. The van der Waals surface area contributed by atoms with Crippen molar-refractivity contribution in [3.05, 3.63) is 51.3 Å². The van der Waals surface area contributed by atoms with Crippen LogP contribution < -0.4 is 11.0 Å². The fourth-order valence-corrected chi connectivity index (χ4v) is 3.93. The van der Waals surface area contributed by atoms with Gasteiger partial charge in [0.1, 0.15) is 6.54 Å². The van der Waals surface area contributed by atoms with Crippen molar-refractivity contribution in [2.75, 3.05) is 0 Å². The first-order chi connectivity index (χ1) is 10.7. The molecule has 5 nitrogen and oxygen atoms in total. The lowest BCUT2D eigenvalue weighted by Crippen LogP contribution is -2.37. The van der Waals surface area contributed by atoms with E-state index in [4.69, 9.17) is 0 Å². The Balaban J connectivity index is 1.71. The van der Waals surface area contributed by atoms with Crippen molar-refractivity contribution < 1.29 is 4.79 Å². The van der Waals surface area contributed by atoms with Gasteiger partial charge in [0.2, 0.25) is 5.91 Å². The van der Waals surface area contributed by atoms with Crippen LogP contribution in [-0.2, 0) is 11.3 Å². The van der Waals surface area contributed by atoms with Crippen LogP contribution in [0.25, 0.3) is 0 Å². The maximum absolute atomic E-state index is 12.3. The van der Waals surface area contributed by atoms with Crippen molar-refractivity contribution in [2.45, 2.75) is 38.3 Å². The molecule has 0 saturated heterocycles. The summed E-state index contributed by atoms with van der Waals surface area (Å²) < 4.78 is 1.33. The topological polar surface area (TPSA) is 64.0 Å². The molecule has 1 fully saturated rings. The second-order valence-electron chi connectivity index (χ2n) is 5.64. The Bertz CT molecular complexity index is 675. The Morgan fingerprint density at radius 3 is 2.91 bits per heavy atom. The number of aromatic nitrogens is 2. The Kier molecular flexibility index (Phi) is 4.68. The van der Waals surface area contributed by atoms with Crippen molar-refractivity contribution in [3.63, 3.8) is 0 Å². The van der Waals surface area contributed by atoms with Crippen LogP contribution in [0.3, 0.4) is 0 Å². The monoisotopic (exact) mass is 317 g/mol. The predicted molar refractivity (Wildman–Crippen MR) is 85.7 cm³/mol. The number of nitrogens with zero attached hydrogens (tertiary/aromatic N) is 2. The maximum Gasteiger partial charge on any atom is 0.347 e. The van der Waals surface area contributed by atoms with Crippen molar-refractivity contribution >= 4 is 17.2 Å². The largest absolute Gasteiger partial charge is 0.347 e. The minimum atomic E-state index is -0.397. The molecule has 1 aliphatic rings. The van der Waals surface area contributed by atoms with E-state index in [1.54, 1.807) is 23.6 Å². The molecule has 0 bridgehead atoms. The number of carbonyl (C=O) groups excluding carboxylic acids is 1. The van der Waals surface area contributed by atoms with Crippen molar-refractivity contribution in [1.82, 2.24) is 14.9 Å². The van der Waals surface area contributed by atoms with Crippen LogP contribution in [0, 0.1) is 5.92 Å². The zero-order valence-corrected chi connectivity index (χ0v) is 13.1. The standard InChI is InChI=1S/C16H19N3O2S/c20-14(11-19-9-4-8-17-16(19)21)18-15(12-5-1-2-6-12)13-7-3-10-22-13/h3-4,7-10,12,15H,1-2,5-6,11H2,(H,18,20)/t15-/m1/s1. The number of amides is 1. The smallest absolute Gasteiger partial charge is 0.347 e. The molecule has 2 aromatic heterocycles. The third-order valence-electron chi connectivity index (χ3n) is 4.13. The summed E-state index contributed by atoms with van der Waals surface area (Å²) in [6.45, 7) is 0.0151.